The summed E-state index contributed by atoms with van der Waals surface area (Å²) in [6, 6.07) is 4.42. The SMILES string of the molecule is Cc1ccc(N2CCC(=O)N3CCCC3C2=O)cc1F. The smallest absolute Gasteiger partial charge is 0.249 e. The van der Waals surface area contributed by atoms with E-state index in [-0.39, 0.29) is 23.7 Å². The van der Waals surface area contributed by atoms with Crippen molar-refractivity contribution in [3.63, 3.8) is 0 Å². The molecular formula is C15H17FN2O2. The highest BCUT2D eigenvalue weighted by molar-refractivity contribution is 6.01. The third-order valence-corrected chi connectivity index (χ3v) is 4.14. The minimum Gasteiger partial charge on any atom is -0.331 e. The Balaban J connectivity index is 1.94. The van der Waals surface area contributed by atoms with Crippen LogP contribution in [0.25, 0.3) is 0 Å². The molecule has 2 amide bonds. The van der Waals surface area contributed by atoms with Crippen molar-refractivity contribution >= 4 is 17.5 Å². The van der Waals surface area contributed by atoms with Gasteiger partial charge in [-0.25, -0.2) is 4.39 Å². The molecule has 5 heteroatoms. The molecule has 20 heavy (non-hydrogen) atoms. The van der Waals surface area contributed by atoms with E-state index in [0.717, 1.165) is 6.42 Å². The molecule has 1 atom stereocenters. The molecule has 0 radical (unpaired) electrons. The normalized spacial score (nSPS) is 23.0. The van der Waals surface area contributed by atoms with E-state index in [1.165, 1.54) is 6.07 Å². The van der Waals surface area contributed by atoms with Crippen LogP contribution in [0.4, 0.5) is 10.1 Å². The van der Waals surface area contributed by atoms with Gasteiger partial charge in [-0.15, -0.1) is 0 Å². The molecular weight excluding hydrogens is 259 g/mol. The summed E-state index contributed by atoms with van der Waals surface area (Å²) >= 11 is 0. The Kier molecular flexibility index (Phi) is 3.20. The molecule has 2 fully saturated rings. The Morgan fingerprint density at radius 3 is 2.80 bits per heavy atom. The zero-order chi connectivity index (χ0) is 14.3. The van der Waals surface area contributed by atoms with Gasteiger partial charge in [-0.3, -0.25) is 9.59 Å². The zero-order valence-corrected chi connectivity index (χ0v) is 11.4. The number of carbonyl (C=O) groups excluding carboxylic acids is 2. The topological polar surface area (TPSA) is 40.6 Å². The summed E-state index contributed by atoms with van der Waals surface area (Å²) in [5.41, 5.74) is 1.09. The Hall–Kier alpha value is -1.91. The quantitative estimate of drug-likeness (QED) is 0.785. The lowest BCUT2D eigenvalue weighted by molar-refractivity contribution is -0.135. The molecule has 0 aromatic heterocycles. The first-order valence-corrected chi connectivity index (χ1v) is 6.95. The summed E-state index contributed by atoms with van der Waals surface area (Å²) in [6.07, 6.45) is 1.87. The van der Waals surface area contributed by atoms with Gasteiger partial charge in [-0.1, -0.05) is 6.07 Å². The molecule has 2 aliphatic heterocycles. The molecule has 1 unspecified atom stereocenters. The van der Waals surface area contributed by atoms with Gasteiger partial charge in [0, 0.05) is 25.2 Å². The Bertz CT molecular complexity index is 573. The standard InChI is InChI=1S/C15H17FN2O2/c1-10-4-5-11(9-12(10)16)17-8-6-14(19)18-7-2-3-13(18)15(17)20/h4-5,9,13H,2-3,6-8H2,1H3. The lowest BCUT2D eigenvalue weighted by atomic mass is 10.1. The second-order valence-corrected chi connectivity index (χ2v) is 5.42. The van der Waals surface area contributed by atoms with E-state index < -0.39 is 0 Å². The number of aryl methyl sites for hydroxylation is 1. The van der Waals surface area contributed by atoms with Crippen LogP contribution >= 0.6 is 0 Å². The summed E-state index contributed by atoms with van der Waals surface area (Å²) in [4.78, 5) is 27.8. The molecule has 4 nitrogen and oxygen atoms in total. The molecule has 106 valence electrons. The maximum atomic E-state index is 13.7. The summed E-state index contributed by atoms with van der Waals surface area (Å²) in [7, 11) is 0. The van der Waals surface area contributed by atoms with E-state index in [4.69, 9.17) is 0 Å². The molecule has 2 saturated heterocycles. The number of benzene rings is 1. The highest BCUT2D eigenvalue weighted by atomic mass is 19.1. The molecule has 3 rings (SSSR count). The highest BCUT2D eigenvalue weighted by Gasteiger charge is 2.39. The van der Waals surface area contributed by atoms with Gasteiger partial charge in [0.15, 0.2) is 0 Å². The molecule has 0 aliphatic carbocycles. The van der Waals surface area contributed by atoms with Crippen molar-refractivity contribution in [2.24, 2.45) is 0 Å². The number of halogens is 1. The minimum atomic E-state index is -0.366. The second kappa shape index (κ2) is 4.89. The van der Waals surface area contributed by atoms with Crippen LogP contribution in [0.2, 0.25) is 0 Å². The van der Waals surface area contributed by atoms with Crippen LogP contribution in [0.1, 0.15) is 24.8 Å². The zero-order valence-electron chi connectivity index (χ0n) is 11.4. The molecule has 1 aromatic carbocycles. The van der Waals surface area contributed by atoms with Crippen molar-refractivity contribution in [3.05, 3.63) is 29.6 Å². The van der Waals surface area contributed by atoms with Crippen LogP contribution in [0, 0.1) is 12.7 Å². The molecule has 0 spiro atoms. The van der Waals surface area contributed by atoms with E-state index in [1.54, 1.807) is 28.9 Å². The van der Waals surface area contributed by atoms with Crippen LogP contribution in [0.3, 0.4) is 0 Å². The van der Waals surface area contributed by atoms with Gasteiger partial charge in [0.1, 0.15) is 11.9 Å². The number of amides is 2. The first-order chi connectivity index (χ1) is 9.58. The molecule has 0 bridgehead atoms. The van der Waals surface area contributed by atoms with Crippen molar-refractivity contribution < 1.29 is 14.0 Å². The lowest BCUT2D eigenvalue weighted by Gasteiger charge is -2.25. The number of nitrogens with zero attached hydrogens (tertiary/aromatic N) is 2. The highest BCUT2D eigenvalue weighted by Crippen LogP contribution is 2.27. The second-order valence-electron chi connectivity index (χ2n) is 5.42. The van der Waals surface area contributed by atoms with Gasteiger partial charge in [0.2, 0.25) is 11.8 Å². The number of hydrogen-bond donors (Lipinski definition) is 0. The van der Waals surface area contributed by atoms with Gasteiger partial charge >= 0.3 is 0 Å². The van der Waals surface area contributed by atoms with Crippen LogP contribution in [-0.4, -0.2) is 35.8 Å². The van der Waals surface area contributed by atoms with Crippen LogP contribution in [0.5, 0.6) is 0 Å². The molecule has 0 saturated carbocycles. The van der Waals surface area contributed by atoms with Crippen LogP contribution in [-0.2, 0) is 9.59 Å². The summed E-state index contributed by atoms with van der Waals surface area (Å²) in [6.45, 7) is 2.67. The fourth-order valence-corrected chi connectivity index (χ4v) is 2.97. The van der Waals surface area contributed by atoms with Crippen LogP contribution < -0.4 is 4.90 Å². The van der Waals surface area contributed by atoms with E-state index >= 15 is 0 Å². The van der Waals surface area contributed by atoms with E-state index in [1.807, 2.05) is 0 Å². The van der Waals surface area contributed by atoms with Crippen molar-refractivity contribution in [2.75, 3.05) is 18.0 Å². The largest absolute Gasteiger partial charge is 0.331 e. The number of carbonyl (C=O) groups is 2. The average molecular weight is 276 g/mol. The third-order valence-electron chi connectivity index (χ3n) is 4.14. The van der Waals surface area contributed by atoms with Crippen molar-refractivity contribution in [3.8, 4) is 0 Å². The fourth-order valence-electron chi connectivity index (χ4n) is 2.97. The van der Waals surface area contributed by atoms with E-state index in [2.05, 4.69) is 0 Å². The monoisotopic (exact) mass is 276 g/mol. The number of anilines is 1. The first-order valence-electron chi connectivity index (χ1n) is 6.95. The van der Waals surface area contributed by atoms with Gasteiger partial charge in [-0.05, 0) is 37.5 Å². The maximum absolute atomic E-state index is 13.7. The summed E-state index contributed by atoms with van der Waals surface area (Å²) in [5, 5.41) is 0. The molecule has 0 N–H and O–H groups in total. The predicted octanol–water partition coefficient (Wildman–Crippen LogP) is 1.86. The number of fused-ring (bicyclic) bond motifs is 1. The van der Waals surface area contributed by atoms with Crippen molar-refractivity contribution in [1.29, 1.82) is 0 Å². The van der Waals surface area contributed by atoms with Crippen molar-refractivity contribution in [1.82, 2.24) is 4.90 Å². The number of hydrogen-bond acceptors (Lipinski definition) is 2. The third kappa shape index (κ3) is 2.07. The Labute approximate surface area is 117 Å². The summed E-state index contributed by atoms with van der Waals surface area (Å²) < 4.78 is 13.7. The molecule has 1 aromatic rings. The van der Waals surface area contributed by atoms with Gasteiger partial charge in [0.05, 0.1) is 0 Å². The van der Waals surface area contributed by atoms with Gasteiger partial charge in [-0.2, -0.15) is 0 Å². The molecule has 2 heterocycles. The molecule has 2 aliphatic rings. The minimum absolute atomic E-state index is 0.0240. The Morgan fingerprint density at radius 1 is 1.25 bits per heavy atom. The van der Waals surface area contributed by atoms with Gasteiger partial charge in [0.25, 0.3) is 0 Å². The van der Waals surface area contributed by atoms with Gasteiger partial charge < -0.3 is 9.80 Å². The predicted molar refractivity (Wildman–Crippen MR) is 72.8 cm³/mol. The fraction of sp³-hybridized carbons (Fsp3) is 0.467. The average Bonchev–Trinajstić information content (AvgIpc) is 2.87. The number of rotatable bonds is 1. The summed E-state index contributed by atoms with van der Waals surface area (Å²) in [5.74, 6) is -0.387. The van der Waals surface area contributed by atoms with Crippen molar-refractivity contribution in [2.45, 2.75) is 32.2 Å². The van der Waals surface area contributed by atoms with E-state index in [0.29, 0.717) is 37.2 Å². The van der Waals surface area contributed by atoms with Crippen LogP contribution in [0.15, 0.2) is 18.2 Å². The first kappa shape index (κ1) is 13.1. The Morgan fingerprint density at radius 2 is 2.05 bits per heavy atom. The maximum Gasteiger partial charge on any atom is 0.249 e. The van der Waals surface area contributed by atoms with E-state index in [9.17, 15) is 14.0 Å². The lowest BCUT2D eigenvalue weighted by Crippen LogP contribution is -2.43.